The van der Waals surface area contributed by atoms with Gasteiger partial charge in [0.05, 0.1) is 17.7 Å². The van der Waals surface area contributed by atoms with E-state index in [0.29, 0.717) is 52.0 Å². The number of piperazine rings is 1. The van der Waals surface area contributed by atoms with Crippen LogP contribution in [-0.4, -0.2) is 81.6 Å². The van der Waals surface area contributed by atoms with Gasteiger partial charge < -0.3 is 29.4 Å². The Morgan fingerprint density at radius 2 is 1.74 bits per heavy atom. The number of nitrogens with one attached hydrogen (secondary N) is 2. The average Bonchev–Trinajstić information content (AvgIpc) is 3.59. The van der Waals surface area contributed by atoms with Gasteiger partial charge in [0.1, 0.15) is 5.76 Å². The number of hydrogen-bond donors (Lipinski definition) is 2. The summed E-state index contributed by atoms with van der Waals surface area (Å²) in [4.78, 5) is 64.4. The molecular formula is C36H45N5O5. The molecule has 244 valence electrons. The number of rotatable bonds is 6. The van der Waals surface area contributed by atoms with Gasteiger partial charge in [-0.05, 0) is 76.6 Å². The Morgan fingerprint density at radius 3 is 2.37 bits per heavy atom. The zero-order chi connectivity index (χ0) is 32.4. The molecule has 3 aliphatic heterocycles. The average molecular weight is 628 g/mol. The van der Waals surface area contributed by atoms with E-state index in [1.54, 1.807) is 6.26 Å². The molecule has 4 aliphatic rings. The minimum absolute atomic E-state index is 0.00174. The number of amides is 4. The van der Waals surface area contributed by atoms with E-state index in [1.165, 1.54) is 0 Å². The maximum absolute atomic E-state index is 14.8. The van der Waals surface area contributed by atoms with Gasteiger partial charge in [-0.2, -0.15) is 0 Å². The number of piperidine rings is 1. The summed E-state index contributed by atoms with van der Waals surface area (Å²) in [7, 11) is 0. The van der Waals surface area contributed by atoms with Crippen LogP contribution in [-0.2, 0) is 31.1 Å². The summed E-state index contributed by atoms with van der Waals surface area (Å²) in [6, 6.07) is 10.0. The standard InChI is InChI=1S/C36H45N5O5/c1-5-36-27(34(45)40-16-14-39(15-17-40)32(43)22-8-9-22)19-24(21-30(42)38-35(2,3)4)33(44)41(36)13-12-26-25-11-10-23(29-7-6-18-46-29)20-28(25)37-31(26)36/h6-7,10-11,18,20,22,24,27,37H,5,8-9,12-17,19,21H2,1-4H3,(H,38,42)/t24-,27-,36+/m1/s1. The first-order valence-electron chi connectivity index (χ1n) is 16.9. The highest BCUT2D eigenvalue weighted by Gasteiger charge is 2.59. The van der Waals surface area contributed by atoms with E-state index >= 15 is 0 Å². The van der Waals surface area contributed by atoms with Crippen LogP contribution in [0.15, 0.2) is 41.0 Å². The molecular weight excluding hydrogens is 582 g/mol. The molecule has 2 saturated heterocycles. The van der Waals surface area contributed by atoms with Crippen molar-refractivity contribution in [1.82, 2.24) is 25.0 Å². The Balaban J connectivity index is 1.26. The largest absolute Gasteiger partial charge is 0.464 e. The van der Waals surface area contributed by atoms with Gasteiger partial charge in [0.25, 0.3) is 0 Å². The Morgan fingerprint density at radius 1 is 1.02 bits per heavy atom. The summed E-state index contributed by atoms with van der Waals surface area (Å²) in [5.41, 5.74) is 2.69. The molecule has 0 radical (unpaired) electrons. The van der Waals surface area contributed by atoms with Gasteiger partial charge in [-0.1, -0.05) is 19.1 Å². The predicted molar refractivity (Wildman–Crippen MR) is 173 cm³/mol. The van der Waals surface area contributed by atoms with E-state index in [9.17, 15) is 19.2 Å². The highest BCUT2D eigenvalue weighted by Crippen LogP contribution is 2.52. The van der Waals surface area contributed by atoms with Gasteiger partial charge in [-0.15, -0.1) is 0 Å². The summed E-state index contributed by atoms with van der Waals surface area (Å²) in [6.45, 7) is 10.3. The summed E-state index contributed by atoms with van der Waals surface area (Å²) in [5.74, 6) is -0.229. The molecule has 0 bridgehead atoms. The third-order valence-electron chi connectivity index (χ3n) is 10.5. The molecule has 4 amide bonds. The van der Waals surface area contributed by atoms with Crippen LogP contribution >= 0.6 is 0 Å². The zero-order valence-electron chi connectivity index (χ0n) is 27.4. The number of carbonyl (C=O) groups is 4. The van der Waals surface area contributed by atoms with Crippen LogP contribution in [0.5, 0.6) is 0 Å². The first-order valence-corrected chi connectivity index (χ1v) is 16.9. The van der Waals surface area contributed by atoms with E-state index in [2.05, 4.69) is 35.4 Å². The van der Waals surface area contributed by atoms with Crippen LogP contribution in [0.25, 0.3) is 22.2 Å². The number of furan rings is 1. The number of carbonyl (C=O) groups excluding carboxylic acids is 4. The van der Waals surface area contributed by atoms with E-state index < -0.39 is 22.9 Å². The Labute approximate surface area is 269 Å². The number of benzene rings is 1. The molecule has 3 aromatic rings. The second-order valence-electron chi connectivity index (χ2n) is 14.6. The maximum atomic E-state index is 14.8. The van der Waals surface area contributed by atoms with Gasteiger partial charge in [0.15, 0.2) is 0 Å². The third kappa shape index (κ3) is 5.19. The van der Waals surface area contributed by atoms with Gasteiger partial charge in [0.2, 0.25) is 23.6 Å². The summed E-state index contributed by atoms with van der Waals surface area (Å²) < 4.78 is 5.67. The normalized spacial score (nSPS) is 25.0. The minimum atomic E-state index is -0.871. The van der Waals surface area contributed by atoms with Crippen molar-refractivity contribution < 1.29 is 23.6 Å². The van der Waals surface area contributed by atoms with Crippen molar-refractivity contribution in [3.63, 3.8) is 0 Å². The smallest absolute Gasteiger partial charge is 0.228 e. The van der Waals surface area contributed by atoms with E-state index in [1.807, 2.05) is 47.6 Å². The van der Waals surface area contributed by atoms with E-state index in [-0.39, 0.29) is 36.0 Å². The number of hydrogen-bond acceptors (Lipinski definition) is 5. The maximum Gasteiger partial charge on any atom is 0.228 e. The fourth-order valence-corrected chi connectivity index (χ4v) is 8.25. The fraction of sp³-hybridized carbons (Fsp3) is 0.556. The first-order chi connectivity index (χ1) is 22.0. The molecule has 1 saturated carbocycles. The molecule has 1 aromatic carbocycles. The first kappa shape index (κ1) is 30.6. The lowest BCUT2D eigenvalue weighted by Gasteiger charge is -2.56. The van der Waals surface area contributed by atoms with Crippen LogP contribution in [0.4, 0.5) is 0 Å². The van der Waals surface area contributed by atoms with Crippen LogP contribution < -0.4 is 5.32 Å². The second-order valence-corrected chi connectivity index (χ2v) is 14.6. The van der Waals surface area contributed by atoms with Crippen molar-refractivity contribution in [1.29, 1.82) is 0 Å². The Hall–Kier alpha value is -4.08. The van der Waals surface area contributed by atoms with Crippen molar-refractivity contribution in [2.75, 3.05) is 32.7 Å². The fourth-order valence-electron chi connectivity index (χ4n) is 8.25. The van der Waals surface area contributed by atoms with Crippen LogP contribution in [0, 0.1) is 17.8 Å². The number of nitrogens with zero attached hydrogens (tertiary/aromatic N) is 3. The van der Waals surface area contributed by atoms with Crippen LogP contribution in [0.3, 0.4) is 0 Å². The van der Waals surface area contributed by atoms with Crippen molar-refractivity contribution in [2.45, 2.75) is 77.3 Å². The molecule has 2 N–H and O–H groups in total. The van der Waals surface area contributed by atoms with E-state index in [0.717, 1.165) is 46.3 Å². The molecule has 46 heavy (non-hydrogen) atoms. The van der Waals surface area contributed by atoms with Crippen molar-refractivity contribution in [2.24, 2.45) is 17.8 Å². The van der Waals surface area contributed by atoms with Crippen LogP contribution in [0.1, 0.15) is 71.1 Å². The lowest BCUT2D eigenvalue weighted by molar-refractivity contribution is -0.168. The highest BCUT2D eigenvalue weighted by atomic mass is 16.3. The molecule has 3 atom stereocenters. The summed E-state index contributed by atoms with van der Waals surface area (Å²) >= 11 is 0. The molecule has 5 heterocycles. The second kappa shape index (κ2) is 11.3. The summed E-state index contributed by atoms with van der Waals surface area (Å²) in [6.07, 6.45) is 5.14. The van der Waals surface area contributed by atoms with E-state index in [4.69, 9.17) is 4.42 Å². The molecule has 2 aromatic heterocycles. The van der Waals surface area contributed by atoms with Crippen molar-refractivity contribution in [3.8, 4) is 11.3 Å². The predicted octanol–water partition coefficient (Wildman–Crippen LogP) is 4.44. The van der Waals surface area contributed by atoms with Crippen molar-refractivity contribution >= 4 is 34.5 Å². The lowest BCUT2D eigenvalue weighted by Crippen LogP contribution is -2.66. The third-order valence-corrected chi connectivity index (χ3v) is 10.5. The Kier molecular flexibility index (Phi) is 7.52. The monoisotopic (exact) mass is 627 g/mol. The number of H-pyrrole nitrogens is 1. The number of fused-ring (bicyclic) bond motifs is 5. The lowest BCUT2D eigenvalue weighted by atomic mass is 9.65. The van der Waals surface area contributed by atoms with Gasteiger partial charge >= 0.3 is 0 Å². The molecule has 3 fully saturated rings. The summed E-state index contributed by atoms with van der Waals surface area (Å²) in [5, 5.41) is 4.11. The minimum Gasteiger partial charge on any atom is -0.464 e. The van der Waals surface area contributed by atoms with Crippen LogP contribution in [0.2, 0.25) is 0 Å². The number of aromatic amines is 1. The molecule has 1 aliphatic carbocycles. The molecule has 0 spiro atoms. The zero-order valence-corrected chi connectivity index (χ0v) is 27.4. The quantitative estimate of drug-likeness (QED) is 0.419. The van der Waals surface area contributed by atoms with Gasteiger partial charge in [-0.25, -0.2) is 0 Å². The molecule has 10 heteroatoms. The Bertz CT molecular complexity index is 1670. The molecule has 10 nitrogen and oxygen atoms in total. The number of aromatic nitrogens is 1. The topological polar surface area (TPSA) is 119 Å². The highest BCUT2D eigenvalue weighted by molar-refractivity contribution is 5.94. The van der Waals surface area contributed by atoms with Gasteiger partial charge in [0, 0.05) is 78.7 Å². The van der Waals surface area contributed by atoms with Crippen molar-refractivity contribution in [3.05, 3.63) is 47.9 Å². The SMILES string of the molecule is CC[C@]12c3[nH]c4cc(-c5ccco5)ccc4c3CCN1C(=O)[C@@H](CC(=O)NC(C)(C)C)C[C@@H]2C(=O)N1CCN(C(=O)C2CC2)CC1. The van der Waals surface area contributed by atoms with Gasteiger partial charge in [-0.3, -0.25) is 19.2 Å². The molecule has 7 rings (SSSR count). The molecule has 0 unspecified atom stereocenters.